The summed E-state index contributed by atoms with van der Waals surface area (Å²) in [5, 5.41) is 0. The molecule has 0 bridgehead atoms. The van der Waals surface area contributed by atoms with Gasteiger partial charge in [0.2, 0.25) is 0 Å². The number of esters is 2. The molecule has 2 rings (SSSR count). The summed E-state index contributed by atoms with van der Waals surface area (Å²) in [5.41, 5.74) is 4.67. The van der Waals surface area contributed by atoms with Crippen molar-refractivity contribution in [2.45, 2.75) is 59.3 Å². The van der Waals surface area contributed by atoms with Gasteiger partial charge in [-0.1, -0.05) is 25.8 Å². The van der Waals surface area contributed by atoms with E-state index in [1.54, 1.807) is 0 Å². The first-order valence-corrected chi connectivity index (χ1v) is 8.69. The molecule has 4 heteroatoms. The first-order chi connectivity index (χ1) is 11.4. The quantitative estimate of drug-likeness (QED) is 0.455. The van der Waals surface area contributed by atoms with Crippen molar-refractivity contribution in [2.24, 2.45) is 5.41 Å². The van der Waals surface area contributed by atoms with E-state index in [-0.39, 0.29) is 0 Å². The predicted molar refractivity (Wildman–Crippen MR) is 93.0 cm³/mol. The van der Waals surface area contributed by atoms with Gasteiger partial charge < -0.3 is 9.47 Å². The number of unbranched alkanes of at least 4 members (excludes halogenated alkanes) is 2. The van der Waals surface area contributed by atoms with E-state index in [2.05, 4.69) is 26.8 Å². The number of ether oxygens (including phenoxy) is 2. The third kappa shape index (κ3) is 3.06. The number of fused-ring (bicyclic) bond motifs is 1. The summed E-state index contributed by atoms with van der Waals surface area (Å²) < 4.78 is 9.88. The molecule has 0 saturated carbocycles. The molecular weight excluding hydrogens is 304 g/mol. The minimum atomic E-state index is -1.23. The molecule has 0 heterocycles. The third-order valence-electron chi connectivity index (χ3n) is 5.32. The molecule has 1 aromatic carbocycles. The number of rotatable bonds is 6. The molecular formula is C20H28O4. The van der Waals surface area contributed by atoms with Gasteiger partial charge in [-0.2, -0.15) is 0 Å². The van der Waals surface area contributed by atoms with Crippen LogP contribution in [0, 0.1) is 19.3 Å². The van der Waals surface area contributed by atoms with Gasteiger partial charge in [-0.3, -0.25) is 9.59 Å². The summed E-state index contributed by atoms with van der Waals surface area (Å²) in [4.78, 5) is 24.8. The Labute approximate surface area is 144 Å². The van der Waals surface area contributed by atoms with Crippen molar-refractivity contribution in [2.75, 3.05) is 14.2 Å². The first kappa shape index (κ1) is 18.5. The van der Waals surface area contributed by atoms with Crippen molar-refractivity contribution in [3.63, 3.8) is 0 Å². The van der Waals surface area contributed by atoms with Crippen LogP contribution in [0.1, 0.15) is 54.0 Å². The number of hydrogen-bond acceptors (Lipinski definition) is 4. The van der Waals surface area contributed by atoms with Crippen LogP contribution in [0.3, 0.4) is 0 Å². The van der Waals surface area contributed by atoms with Crippen molar-refractivity contribution >= 4 is 11.9 Å². The maximum Gasteiger partial charge on any atom is 0.323 e. The summed E-state index contributed by atoms with van der Waals surface area (Å²) in [7, 11) is 2.65. The Kier molecular flexibility index (Phi) is 5.68. The minimum Gasteiger partial charge on any atom is -0.468 e. The molecule has 4 nitrogen and oxygen atoms in total. The fraction of sp³-hybridized carbons (Fsp3) is 0.600. The standard InChI is InChI=1S/C20H28O4/c1-6-7-8-9-15-10-13(2)16-11-20(18(21)23-4,19(22)24-5)12-17(16)14(15)3/h10H,6-9,11-12H2,1-5H3. The fourth-order valence-electron chi connectivity index (χ4n) is 3.85. The summed E-state index contributed by atoms with van der Waals surface area (Å²) in [6.07, 6.45) is 5.34. The van der Waals surface area contributed by atoms with Crippen LogP contribution in [0.4, 0.5) is 0 Å². The van der Waals surface area contributed by atoms with Gasteiger partial charge in [-0.25, -0.2) is 0 Å². The maximum absolute atomic E-state index is 12.4. The Bertz CT molecular complexity index is 630. The molecule has 1 aliphatic carbocycles. The molecule has 0 saturated heterocycles. The molecule has 24 heavy (non-hydrogen) atoms. The topological polar surface area (TPSA) is 52.6 Å². The van der Waals surface area contributed by atoms with Crippen molar-refractivity contribution < 1.29 is 19.1 Å². The normalized spacial score (nSPS) is 15.0. The summed E-state index contributed by atoms with van der Waals surface area (Å²) >= 11 is 0. The Balaban J connectivity index is 2.43. The smallest absolute Gasteiger partial charge is 0.323 e. The Morgan fingerprint density at radius 3 is 2.17 bits per heavy atom. The van der Waals surface area contributed by atoms with Crippen molar-refractivity contribution in [1.29, 1.82) is 0 Å². The molecule has 132 valence electrons. The van der Waals surface area contributed by atoms with Gasteiger partial charge in [0.15, 0.2) is 5.41 Å². The third-order valence-corrected chi connectivity index (χ3v) is 5.32. The highest BCUT2D eigenvalue weighted by Crippen LogP contribution is 2.43. The molecule has 0 unspecified atom stereocenters. The second kappa shape index (κ2) is 7.37. The van der Waals surface area contributed by atoms with Crippen molar-refractivity contribution in [3.05, 3.63) is 33.9 Å². The number of methoxy groups -OCH3 is 2. The van der Waals surface area contributed by atoms with Gasteiger partial charge in [0.25, 0.3) is 0 Å². The Morgan fingerprint density at radius 2 is 1.62 bits per heavy atom. The average Bonchev–Trinajstić information content (AvgIpc) is 3.00. The van der Waals surface area contributed by atoms with E-state index < -0.39 is 17.4 Å². The van der Waals surface area contributed by atoms with E-state index >= 15 is 0 Å². The lowest BCUT2D eigenvalue weighted by Crippen LogP contribution is -2.42. The fourth-order valence-corrected chi connectivity index (χ4v) is 3.85. The summed E-state index contributed by atoms with van der Waals surface area (Å²) in [6, 6.07) is 2.22. The van der Waals surface area contributed by atoms with Crippen LogP contribution in [-0.2, 0) is 38.3 Å². The predicted octanol–water partition coefficient (Wildman–Crippen LogP) is 3.47. The molecule has 1 aliphatic rings. The van der Waals surface area contributed by atoms with Crippen LogP contribution in [0.15, 0.2) is 6.07 Å². The van der Waals surface area contributed by atoms with E-state index in [0.29, 0.717) is 12.8 Å². The average molecular weight is 332 g/mol. The lowest BCUT2D eigenvalue weighted by Gasteiger charge is -2.22. The monoisotopic (exact) mass is 332 g/mol. The number of carbonyl (C=O) groups excluding carboxylic acids is 2. The van der Waals surface area contributed by atoms with E-state index in [4.69, 9.17) is 9.47 Å². The zero-order valence-corrected chi connectivity index (χ0v) is 15.5. The molecule has 0 amide bonds. The lowest BCUT2D eigenvalue weighted by molar-refractivity contribution is -0.168. The minimum absolute atomic E-state index is 0.365. The van der Waals surface area contributed by atoms with Crippen LogP contribution in [-0.4, -0.2) is 26.2 Å². The molecule has 0 radical (unpaired) electrons. The highest BCUT2D eigenvalue weighted by atomic mass is 16.5. The summed E-state index contributed by atoms with van der Waals surface area (Å²) in [5.74, 6) is -1.01. The van der Waals surface area contributed by atoms with Gasteiger partial charge in [-0.05, 0) is 54.5 Å². The number of carbonyl (C=O) groups is 2. The van der Waals surface area contributed by atoms with Crippen molar-refractivity contribution in [3.8, 4) is 0 Å². The molecule has 0 aromatic heterocycles. The number of benzene rings is 1. The van der Waals surface area contributed by atoms with Crippen LogP contribution in [0.2, 0.25) is 0 Å². The molecule has 0 aliphatic heterocycles. The van der Waals surface area contributed by atoms with E-state index in [9.17, 15) is 9.59 Å². The Hall–Kier alpha value is -1.84. The zero-order valence-electron chi connectivity index (χ0n) is 15.5. The first-order valence-electron chi connectivity index (χ1n) is 8.69. The molecule has 0 spiro atoms. The van der Waals surface area contributed by atoms with Crippen molar-refractivity contribution in [1.82, 2.24) is 0 Å². The highest BCUT2D eigenvalue weighted by molar-refractivity contribution is 6.01. The van der Waals surface area contributed by atoms with Gasteiger partial charge >= 0.3 is 11.9 Å². The van der Waals surface area contributed by atoms with Gasteiger partial charge in [0.05, 0.1) is 14.2 Å². The zero-order chi connectivity index (χ0) is 17.9. The van der Waals surface area contributed by atoms with Crippen LogP contribution in [0.25, 0.3) is 0 Å². The van der Waals surface area contributed by atoms with E-state index in [1.807, 2.05) is 0 Å². The lowest BCUT2D eigenvalue weighted by atomic mass is 9.84. The molecule has 0 N–H and O–H groups in total. The number of hydrogen-bond donors (Lipinski definition) is 0. The van der Waals surface area contributed by atoms with Crippen LogP contribution >= 0.6 is 0 Å². The molecule has 1 aromatic rings. The second-order valence-corrected chi connectivity index (χ2v) is 6.81. The molecule has 0 atom stereocenters. The largest absolute Gasteiger partial charge is 0.468 e. The van der Waals surface area contributed by atoms with Crippen LogP contribution in [0.5, 0.6) is 0 Å². The van der Waals surface area contributed by atoms with Gasteiger partial charge in [0.1, 0.15) is 0 Å². The maximum atomic E-state index is 12.4. The molecule has 0 fully saturated rings. The Morgan fingerprint density at radius 1 is 1.04 bits per heavy atom. The number of aryl methyl sites for hydroxylation is 2. The summed E-state index contributed by atoms with van der Waals surface area (Å²) in [6.45, 7) is 6.36. The second-order valence-electron chi connectivity index (χ2n) is 6.81. The van der Waals surface area contributed by atoms with Gasteiger partial charge in [-0.15, -0.1) is 0 Å². The van der Waals surface area contributed by atoms with E-state index in [1.165, 1.54) is 38.2 Å². The highest BCUT2D eigenvalue weighted by Gasteiger charge is 2.53. The van der Waals surface area contributed by atoms with Crippen LogP contribution < -0.4 is 0 Å². The van der Waals surface area contributed by atoms with E-state index in [0.717, 1.165) is 29.5 Å². The van der Waals surface area contributed by atoms with Gasteiger partial charge in [0, 0.05) is 12.8 Å². The SMILES string of the molecule is CCCCCc1cc(C)c2c(c1C)CC(C(=O)OC)(C(=O)OC)C2.